The first-order chi connectivity index (χ1) is 18.4. The van der Waals surface area contributed by atoms with Gasteiger partial charge in [0.15, 0.2) is 0 Å². The molecule has 11 nitrogen and oxygen atoms in total. The number of sulfonamides is 2. The summed E-state index contributed by atoms with van der Waals surface area (Å²) in [5, 5.41) is 2.85. The van der Waals surface area contributed by atoms with Gasteiger partial charge in [0, 0.05) is 18.3 Å². The van der Waals surface area contributed by atoms with Gasteiger partial charge in [-0.3, -0.25) is 14.3 Å². The molecule has 0 radical (unpaired) electrons. The third-order valence-corrected chi connectivity index (χ3v) is 8.57. The van der Waals surface area contributed by atoms with Gasteiger partial charge in [-0.1, -0.05) is 25.0 Å². The molecule has 4 rings (SSSR count). The molecule has 0 bridgehead atoms. The van der Waals surface area contributed by atoms with Crippen LogP contribution < -0.4 is 10.0 Å². The van der Waals surface area contributed by atoms with Gasteiger partial charge in [0.1, 0.15) is 16.5 Å². The van der Waals surface area contributed by atoms with Crippen LogP contribution in [0.4, 0.5) is 15.8 Å². The molecule has 0 aromatic heterocycles. The van der Waals surface area contributed by atoms with Crippen molar-refractivity contribution in [3.63, 3.8) is 0 Å². The fourth-order valence-electron chi connectivity index (χ4n) is 4.90. The first kappa shape index (κ1) is 28.5. The highest BCUT2D eigenvalue weighted by atomic mass is 32.2. The number of methoxy groups -OCH3 is 1. The highest BCUT2D eigenvalue weighted by Gasteiger charge is 2.38. The number of rotatable bonds is 8. The Labute approximate surface area is 226 Å². The van der Waals surface area contributed by atoms with Crippen LogP contribution >= 0.6 is 0 Å². The van der Waals surface area contributed by atoms with Crippen LogP contribution in [0.2, 0.25) is 0 Å². The van der Waals surface area contributed by atoms with Gasteiger partial charge < -0.3 is 15.0 Å². The molecule has 1 unspecified atom stereocenters. The molecule has 39 heavy (non-hydrogen) atoms. The highest BCUT2D eigenvalue weighted by molar-refractivity contribution is 7.92. The topological polar surface area (TPSA) is 151 Å². The standard InChI is InChI=1S/C25H29FN4O7S2/c1-37-25(32)19-5-3-4-6-21(19)30(15-16-7-9-17(26)10-8-16)24(31)14-23-27-20-12-11-18(28-38(2,33)34)13-22(20)39(35,36)29-23/h7-13,19,21,28H,3-6,14-15H2,1-2H3,(H,27,29)/t19-,21?/m1/s1. The molecule has 1 aliphatic heterocycles. The Morgan fingerprint density at radius 2 is 1.85 bits per heavy atom. The fraction of sp³-hybridized carbons (Fsp3) is 0.400. The number of ether oxygens (including phenoxy) is 1. The monoisotopic (exact) mass is 580 g/mol. The molecule has 1 saturated carbocycles. The molecule has 2 atom stereocenters. The van der Waals surface area contributed by atoms with Crippen LogP contribution in [0, 0.1) is 11.7 Å². The maximum absolute atomic E-state index is 13.7. The number of esters is 1. The van der Waals surface area contributed by atoms with E-state index in [1.54, 1.807) is 12.1 Å². The molecule has 2 aromatic carbocycles. The minimum Gasteiger partial charge on any atom is -0.469 e. The summed E-state index contributed by atoms with van der Waals surface area (Å²) in [5.41, 5.74) is 0.830. The minimum atomic E-state index is -4.25. The zero-order chi connectivity index (χ0) is 28.4. The summed E-state index contributed by atoms with van der Waals surface area (Å²) >= 11 is 0. The van der Waals surface area contributed by atoms with Gasteiger partial charge in [-0.2, -0.15) is 8.42 Å². The number of hydrogen-bond acceptors (Lipinski definition) is 8. The Hall–Kier alpha value is -3.52. The van der Waals surface area contributed by atoms with Crippen molar-refractivity contribution in [3.8, 4) is 0 Å². The van der Waals surface area contributed by atoms with E-state index in [9.17, 15) is 30.8 Å². The Balaban J connectivity index is 1.62. The van der Waals surface area contributed by atoms with E-state index in [2.05, 4.69) is 14.4 Å². The van der Waals surface area contributed by atoms with Gasteiger partial charge in [-0.05, 0) is 48.7 Å². The lowest BCUT2D eigenvalue weighted by atomic mass is 9.83. The fourth-order valence-corrected chi connectivity index (χ4v) is 6.62. The molecule has 1 heterocycles. The number of hydrogen-bond donors (Lipinski definition) is 2. The molecule has 0 spiro atoms. The number of amidine groups is 1. The molecule has 1 amide bonds. The van der Waals surface area contributed by atoms with Crippen molar-refractivity contribution < 1.29 is 35.6 Å². The molecular weight excluding hydrogens is 551 g/mol. The largest absolute Gasteiger partial charge is 0.469 e. The molecule has 2 aliphatic rings. The van der Waals surface area contributed by atoms with E-state index in [0.717, 1.165) is 25.2 Å². The second kappa shape index (κ2) is 11.3. The number of amides is 1. The third kappa shape index (κ3) is 6.92. The quantitative estimate of drug-likeness (QED) is 0.453. The van der Waals surface area contributed by atoms with E-state index in [0.29, 0.717) is 18.4 Å². The summed E-state index contributed by atoms with van der Waals surface area (Å²) in [7, 11) is -6.60. The van der Waals surface area contributed by atoms with Gasteiger partial charge in [0.2, 0.25) is 15.9 Å². The number of halogens is 1. The normalized spacial score (nSPS) is 20.1. The maximum Gasteiger partial charge on any atom is 0.310 e. The van der Waals surface area contributed by atoms with Crippen LogP contribution in [0.25, 0.3) is 0 Å². The Bertz CT molecular complexity index is 1510. The van der Waals surface area contributed by atoms with E-state index in [1.807, 2.05) is 0 Å². The van der Waals surface area contributed by atoms with Gasteiger partial charge in [0.05, 0.1) is 31.4 Å². The number of benzene rings is 2. The van der Waals surface area contributed by atoms with Gasteiger partial charge in [0.25, 0.3) is 10.0 Å². The number of carbonyl (C=O) groups is 2. The average molecular weight is 581 g/mol. The van der Waals surface area contributed by atoms with Crippen molar-refractivity contribution in [2.24, 2.45) is 10.3 Å². The molecule has 0 saturated heterocycles. The Kier molecular flexibility index (Phi) is 8.25. The predicted molar refractivity (Wildman–Crippen MR) is 142 cm³/mol. The molecule has 2 N–H and O–H groups in total. The second-order valence-electron chi connectivity index (χ2n) is 9.53. The zero-order valence-electron chi connectivity index (χ0n) is 21.4. The lowest BCUT2D eigenvalue weighted by molar-refractivity contribution is -0.151. The smallest absolute Gasteiger partial charge is 0.310 e. The molecule has 14 heteroatoms. The van der Waals surface area contributed by atoms with Crippen molar-refractivity contribution in [1.82, 2.24) is 4.90 Å². The van der Waals surface area contributed by atoms with Gasteiger partial charge in [-0.25, -0.2) is 12.8 Å². The molecule has 1 aliphatic carbocycles. The summed E-state index contributed by atoms with van der Waals surface area (Å²) in [6, 6.07) is 9.06. The minimum absolute atomic E-state index is 0.0491. The number of carbonyl (C=O) groups excluding carboxylic acids is 2. The second-order valence-corrected chi connectivity index (χ2v) is 12.9. The molecule has 2 aromatic rings. The van der Waals surface area contributed by atoms with E-state index in [1.165, 1.54) is 36.3 Å². The van der Waals surface area contributed by atoms with Crippen molar-refractivity contribution in [1.29, 1.82) is 0 Å². The lowest BCUT2D eigenvalue weighted by Gasteiger charge is -2.39. The number of anilines is 2. The van der Waals surface area contributed by atoms with E-state index in [-0.39, 0.29) is 28.7 Å². The third-order valence-electron chi connectivity index (χ3n) is 6.61. The van der Waals surface area contributed by atoms with Crippen LogP contribution in [0.15, 0.2) is 51.8 Å². The van der Waals surface area contributed by atoms with Crippen LogP contribution in [-0.2, 0) is 40.9 Å². The summed E-state index contributed by atoms with van der Waals surface area (Å²) < 4.78 is 73.4. The molecule has 210 valence electrons. The molecular formula is C25H29FN4O7S2. The van der Waals surface area contributed by atoms with E-state index < -0.39 is 56.1 Å². The molecule has 1 fully saturated rings. The lowest BCUT2D eigenvalue weighted by Crippen LogP contribution is -2.49. The first-order valence-corrected chi connectivity index (χ1v) is 15.5. The Morgan fingerprint density at radius 3 is 2.51 bits per heavy atom. The first-order valence-electron chi connectivity index (χ1n) is 12.2. The summed E-state index contributed by atoms with van der Waals surface area (Å²) in [4.78, 5) is 27.5. The van der Waals surface area contributed by atoms with Crippen molar-refractivity contribution in [2.45, 2.75) is 49.6 Å². The van der Waals surface area contributed by atoms with Gasteiger partial charge >= 0.3 is 5.97 Å². The average Bonchev–Trinajstić information content (AvgIpc) is 2.87. The van der Waals surface area contributed by atoms with E-state index >= 15 is 0 Å². The maximum atomic E-state index is 13.7. The van der Waals surface area contributed by atoms with Crippen molar-refractivity contribution in [2.75, 3.05) is 23.4 Å². The summed E-state index contributed by atoms with van der Waals surface area (Å²) in [6.07, 6.45) is 3.20. The summed E-state index contributed by atoms with van der Waals surface area (Å²) in [5.74, 6) is -2.01. The predicted octanol–water partition coefficient (Wildman–Crippen LogP) is 2.86. The van der Waals surface area contributed by atoms with Crippen LogP contribution in [0.3, 0.4) is 0 Å². The van der Waals surface area contributed by atoms with Crippen molar-refractivity contribution in [3.05, 3.63) is 53.8 Å². The zero-order valence-corrected chi connectivity index (χ0v) is 23.0. The van der Waals surface area contributed by atoms with Crippen LogP contribution in [-0.4, -0.2) is 58.9 Å². The van der Waals surface area contributed by atoms with Gasteiger partial charge in [-0.15, -0.1) is 4.40 Å². The number of nitrogens with zero attached hydrogens (tertiary/aromatic N) is 2. The number of fused-ring (bicyclic) bond motifs is 1. The Morgan fingerprint density at radius 1 is 1.15 bits per heavy atom. The van der Waals surface area contributed by atoms with Crippen LogP contribution in [0.1, 0.15) is 37.7 Å². The summed E-state index contributed by atoms with van der Waals surface area (Å²) in [6.45, 7) is 0.0778. The van der Waals surface area contributed by atoms with Crippen molar-refractivity contribution >= 4 is 49.1 Å². The highest BCUT2D eigenvalue weighted by Crippen LogP contribution is 2.33. The SMILES string of the molecule is COC(=O)[C@@H]1CCCCC1N(Cc1ccc(F)cc1)C(=O)CC1=NS(=O)(=O)c2cc(NS(C)(=O)=O)ccc2N1. The van der Waals surface area contributed by atoms with Crippen LogP contribution in [0.5, 0.6) is 0 Å². The van der Waals surface area contributed by atoms with E-state index in [4.69, 9.17) is 4.74 Å². The number of nitrogens with one attached hydrogen (secondary N) is 2.